The second-order valence-corrected chi connectivity index (χ2v) is 8.48. The first-order valence-corrected chi connectivity index (χ1v) is 9.58. The second-order valence-electron chi connectivity index (χ2n) is 5.28. The number of rotatable bonds is 5. The number of thioether (sulfide) groups is 1. The van der Waals surface area contributed by atoms with Crippen molar-refractivity contribution in [1.29, 1.82) is 0 Å². The van der Waals surface area contributed by atoms with E-state index in [-0.39, 0.29) is 27.4 Å². The summed E-state index contributed by atoms with van der Waals surface area (Å²) < 4.78 is 41.5. The van der Waals surface area contributed by atoms with Crippen molar-refractivity contribution in [2.45, 2.75) is 49.3 Å². The molecule has 21 heavy (non-hydrogen) atoms. The first kappa shape index (κ1) is 16.6. The van der Waals surface area contributed by atoms with E-state index in [4.69, 9.17) is 5.73 Å². The summed E-state index contributed by atoms with van der Waals surface area (Å²) in [6.45, 7) is 3.52. The van der Waals surface area contributed by atoms with Gasteiger partial charge in [-0.3, -0.25) is 0 Å². The normalized spacial score (nSPS) is 22.6. The van der Waals surface area contributed by atoms with Crippen molar-refractivity contribution < 1.29 is 12.8 Å². The third kappa shape index (κ3) is 3.70. The van der Waals surface area contributed by atoms with Crippen molar-refractivity contribution in [2.24, 2.45) is 0 Å². The van der Waals surface area contributed by atoms with Gasteiger partial charge < -0.3 is 5.73 Å². The maximum Gasteiger partial charge on any atom is 0.241 e. The van der Waals surface area contributed by atoms with Gasteiger partial charge in [0.1, 0.15) is 5.82 Å². The van der Waals surface area contributed by atoms with Gasteiger partial charge in [0.2, 0.25) is 10.0 Å². The fraction of sp³-hybridized carbons (Fsp3) is 0.571. The minimum absolute atomic E-state index is 0.0628. The van der Waals surface area contributed by atoms with Crippen LogP contribution < -0.4 is 10.5 Å². The lowest BCUT2D eigenvalue weighted by molar-refractivity contribution is 0.551. The molecular weight excluding hydrogens is 311 g/mol. The highest BCUT2D eigenvalue weighted by Crippen LogP contribution is 2.31. The zero-order valence-electron chi connectivity index (χ0n) is 12.2. The summed E-state index contributed by atoms with van der Waals surface area (Å²) in [5.41, 5.74) is 5.79. The van der Waals surface area contributed by atoms with Crippen molar-refractivity contribution in [2.75, 3.05) is 11.5 Å². The molecule has 2 atom stereocenters. The van der Waals surface area contributed by atoms with Gasteiger partial charge in [0.05, 0.1) is 4.90 Å². The van der Waals surface area contributed by atoms with Gasteiger partial charge >= 0.3 is 0 Å². The van der Waals surface area contributed by atoms with Crippen LogP contribution in [0.1, 0.15) is 31.7 Å². The summed E-state index contributed by atoms with van der Waals surface area (Å²) in [5, 5.41) is 0.288. The van der Waals surface area contributed by atoms with Crippen molar-refractivity contribution in [3.05, 3.63) is 23.5 Å². The van der Waals surface area contributed by atoms with E-state index >= 15 is 0 Å². The number of anilines is 1. The summed E-state index contributed by atoms with van der Waals surface area (Å²) in [5.74, 6) is 0.357. The Bertz CT molecular complexity index is 620. The molecule has 2 rings (SSSR count). The molecule has 0 saturated heterocycles. The number of nitrogens with two attached hydrogens (primary N) is 1. The van der Waals surface area contributed by atoms with Crippen LogP contribution in [0, 0.1) is 12.7 Å². The van der Waals surface area contributed by atoms with E-state index in [0.717, 1.165) is 31.1 Å². The maximum atomic E-state index is 13.7. The molecule has 4 nitrogen and oxygen atoms in total. The lowest BCUT2D eigenvalue weighted by Gasteiger charge is -2.21. The number of halogens is 1. The van der Waals surface area contributed by atoms with Crippen molar-refractivity contribution in [3.8, 4) is 0 Å². The zero-order valence-corrected chi connectivity index (χ0v) is 13.9. The Morgan fingerprint density at radius 3 is 2.81 bits per heavy atom. The van der Waals surface area contributed by atoms with E-state index in [2.05, 4.69) is 11.6 Å². The number of nitrogens with one attached hydrogen (secondary N) is 1. The van der Waals surface area contributed by atoms with E-state index in [1.54, 1.807) is 11.8 Å². The second kappa shape index (κ2) is 6.54. The quantitative estimate of drug-likeness (QED) is 0.813. The Morgan fingerprint density at radius 1 is 1.43 bits per heavy atom. The fourth-order valence-corrected chi connectivity index (χ4v) is 5.57. The summed E-state index contributed by atoms with van der Waals surface area (Å²) in [7, 11) is -3.75. The lowest BCUT2D eigenvalue weighted by atomic mass is 10.2. The highest BCUT2D eigenvalue weighted by Gasteiger charge is 2.32. The fourth-order valence-electron chi connectivity index (χ4n) is 2.69. The van der Waals surface area contributed by atoms with Crippen LogP contribution in [0.2, 0.25) is 0 Å². The van der Waals surface area contributed by atoms with Gasteiger partial charge in [0.15, 0.2) is 0 Å². The molecule has 0 spiro atoms. The third-order valence-electron chi connectivity index (χ3n) is 3.75. The summed E-state index contributed by atoms with van der Waals surface area (Å²) in [4.78, 5) is -0.0628. The van der Waals surface area contributed by atoms with Crippen LogP contribution in [0.4, 0.5) is 10.1 Å². The van der Waals surface area contributed by atoms with Crippen LogP contribution in [0.3, 0.4) is 0 Å². The number of nitrogen functional groups attached to an aromatic ring is 1. The molecule has 1 fully saturated rings. The molecule has 1 saturated carbocycles. The van der Waals surface area contributed by atoms with Crippen molar-refractivity contribution >= 4 is 27.5 Å². The number of benzene rings is 1. The number of hydrogen-bond acceptors (Lipinski definition) is 4. The molecule has 0 heterocycles. The van der Waals surface area contributed by atoms with Gasteiger partial charge in [0, 0.05) is 22.5 Å². The van der Waals surface area contributed by atoms with Gasteiger partial charge in [-0.15, -0.1) is 0 Å². The summed E-state index contributed by atoms with van der Waals surface area (Å²) in [6.07, 6.45) is 2.84. The maximum absolute atomic E-state index is 13.7. The molecular formula is C14H21FN2O2S2. The van der Waals surface area contributed by atoms with Gasteiger partial charge in [-0.1, -0.05) is 13.3 Å². The van der Waals surface area contributed by atoms with E-state index in [0.29, 0.717) is 0 Å². The first-order chi connectivity index (χ1) is 9.85. The van der Waals surface area contributed by atoms with Crippen LogP contribution in [0.15, 0.2) is 17.0 Å². The lowest BCUT2D eigenvalue weighted by Crippen LogP contribution is -2.39. The van der Waals surface area contributed by atoms with E-state index in [1.807, 2.05) is 0 Å². The van der Waals surface area contributed by atoms with E-state index < -0.39 is 15.8 Å². The molecule has 0 aromatic heterocycles. The van der Waals surface area contributed by atoms with Gasteiger partial charge in [-0.2, -0.15) is 11.8 Å². The average molecular weight is 332 g/mol. The molecule has 1 aliphatic carbocycles. The third-order valence-corrected chi connectivity index (χ3v) is 6.69. The SMILES string of the molecule is CCSC1CCCC1NS(=O)(=O)c1cc(N)cc(F)c1C. The van der Waals surface area contributed by atoms with Crippen molar-refractivity contribution in [1.82, 2.24) is 4.72 Å². The molecule has 0 amide bonds. The first-order valence-electron chi connectivity index (χ1n) is 7.04. The number of hydrogen-bond donors (Lipinski definition) is 2. The minimum Gasteiger partial charge on any atom is -0.399 e. The molecule has 0 bridgehead atoms. The van der Waals surface area contributed by atoms with Gasteiger partial charge in [0.25, 0.3) is 0 Å². The van der Waals surface area contributed by atoms with Crippen LogP contribution >= 0.6 is 11.8 Å². The predicted octanol–water partition coefficient (Wildman–Crippen LogP) is 2.67. The Kier molecular flexibility index (Phi) is 5.16. The molecule has 118 valence electrons. The van der Waals surface area contributed by atoms with E-state index in [9.17, 15) is 12.8 Å². The predicted molar refractivity (Wildman–Crippen MR) is 85.4 cm³/mol. The Hall–Kier alpha value is -0.790. The molecule has 3 N–H and O–H groups in total. The van der Waals surface area contributed by atoms with Crippen molar-refractivity contribution in [3.63, 3.8) is 0 Å². The zero-order chi connectivity index (χ0) is 15.6. The van der Waals surface area contributed by atoms with Crippen LogP contribution in [-0.2, 0) is 10.0 Å². The van der Waals surface area contributed by atoms with Crippen LogP contribution in [-0.4, -0.2) is 25.5 Å². The standard InChI is InChI=1S/C14H21FN2O2S2/c1-3-20-13-6-4-5-12(13)17-21(18,19)14-8-10(16)7-11(15)9(14)2/h7-8,12-13,17H,3-6,16H2,1-2H3. The molecule has 2 unspecified atom stereocenters. The van der Waals surface area contributed by atoms with E-state index in [1.165, 1.54) is 13.0 Å². The van der Waals surface area contributed by atoms with Crippen LogP contribution in [0.25, 0.3) is 0 Å². The summed E-state index contributed by atoms with van der Waals surface area (Å²) >= 11 is 1.77. The smallest absolute Gasteiger partial charge is 0.241 e. The highest BCUT2D eigenvalue weighted by molar-refractivity contribution is 8.00. The monoisotopic (exact) mass is 332 g/mol. The highest BCUT2D eigenvalue weighted by atomic mass is 32.2. The Balaban J connectivity index is 2.27. The molecule has 7 heteroatoms. The summed E-state index contributed by atoms with van der Waals surface area (Å²) in [6, 6.07) is 2.36. The van der Waals surface area contributed by atoms with Gasteiger partial charge in [-0.25, -0.2) is 17.5 Å². The molecule has 0 aliphatic heterocycles. The molecule has 1 aromatic rings. The van der Waals surface area contributed by atoms with Gasteiger partial charge in [-0.05, 0) is 37.7 Å². The number of sulfonamides is 1. The molecule has 1 aliphatic rings. The molecule has 0 radical (unpaired) electrons. The average Bonchev–Trinajstić information content (AvgIpc) is 2.81. The molecule has 1 aromatic carbocycles. The topological polar surface area (TPSA) is 72.2 Å². The Morgan fingerprint density at radius 2 is 2.14 bits per heavy atom. The van der Waals surface area contributed by atoms with Crippen LogP contribution in [0.5, 0.6) is 0 Å². The minimum atomic E-state index is -3.75. The Labute approximate surface area is 129 Å². The largest absolute Gasteiger partial charge is 0.399 e.